The molecule has 1 aliphatic rings. The zero-order valence-corrected chi connectivity index (χ0v) is 19.2. The molecule has 2 N–H and O–H groups in total. The Kier molecular flexibility index (Phi) is 7.68. The van der Waals surface area contributed by atoms with Crippen LogP contribution >= 0.6 is 11.8 Å². The van der Waals surface area contributed by atoms with Crippen LogP contribution in [0.4, 0.5) is 5.69 Å². The van der Waals surface area contributed by atoms with Crippen LogP contribution in [0.25, 0.3) is 0 Å². The number of hydrogen-bond donors (Lipinski definition) is 2. The molecule has 11 heteroatoms. The smallest absolute Gasteiger partial charge is 0.287 e. The third-order valence-corrected chi connectivity index (χ3v) is 6.13. The molecule has 3 aromatic rings. The Morgan fingerprint density at radius 2 is 2.03 bits per heavy atom. The van der Waals surface area contributed by atoms with Gasteiger partial charge >= 0.3 is 0 Å². The summed E-state index contributed by atoms with van der Waals surface area (Å²) in [7, 11) is 0. The van der Waals surface area contributed by atoms with Gasteiger partial charge in [0.15, 0.2) is 0 Å². The summed E-state index contributed by atoms with van der Waals surface area (Å²) < 4.78 is 12.7. The van der Waals surface area contributed by atoms with Crippen LogP contribution in [0.15, 0.2) is 70.8 Å². The van der Waals surface area contributed by atoms with Gasteiger partial charge in [0, 0.05) is 42.4 Å². The lowest BCUT2D eigenvalue weighted by Gasteiger charge is -2.26. The van der Waals surface area contributed by atoms with Crippen LogP contribution in [-0.2, 0) is 4.74 Å². The third-order valence-electron chi connectivity index (χ3n) is 5.20. The van der Waals surface area contributed by atoms with Crippen molar-refractivity contribution in [3.05, 3.63) is 82.1 Å². The van der Waals surface area contributed by atoms with Crippen LogP contribution in [0.2, 0.25) is 0 Å². The van der Waals surface area contributed by atoms with E-state index in [2.05, 4.69) is 9.88 Å². The van der Waals surface area contributed by atoms with Crippen LogP contribution < -0.4 is 10.2 Å². The van der Waals surface area contributed by atoms with E-state index in [1.54, 1.807) is 36.5 Å². The average molecular weight is 481 g/mol. The molecular weight excluding hydrogens is 456 g/mol. The monoisotopic (exact) mass is 480 g/mol. The summed E-state index contributed by atoms with van der Waals surface area (Å²) in [5, 5.41) is 28.3. The number of benzene rings is 1. The molecule has 1 aromatic carbocycles. The molecule has 1 fully saturated rings. The first kappa shape index (κ1) is 23.6. The summed E-state index contributed by atoms with van der Waals surface area (Å²) in [6.45, 7) is 4.66. The number of hydrogen-bond acceptors (Lipinski definition) is 9. The quantitative estimate of drug-likeness (QED) is 0.219. The Balaban J connectivity index is 1.44. The lowest BCUT2D eigenvalue weighted by Crippen LogP contribution is -2.38. The van der Waals surface area contributed by atoms with E-state index in [1.807, 2.05) is 12.1 Å². The predicted molar refractivity (Wildman–Crippen MR) is 127 cm³/mol. The standard InChI is InChI=1S/C23H24N6O4S/c24-21-6-5-20(34-22-7-4-18(15-26-22)29(30)31)16-28(21)23(25)17-2-1-3-19(14-17)33-13-10-27-8-11-32-12-9-27/h1-7,14-16,24-25H,8-13H2. The van der Waals surface area contributed by atoms with Crippen molar-refractivity contribution in [1.82, 2.24) is 14.5 Å². The van der Waals surface area contributed by atoms with Gasteiger partial charge in [-0.25, -0.2) is 4.98 Å². The topological polar surface area (TPSA) is 130 Å². The Morgan fingerprint density at radius 1 is 1.21 bits per heavy atom. The van der Waals surface area contributed by atoms with E-state index in [0.717, 1.165) is 37.7 Å². The minimum Gasteiger partial charge on any atom is -0.492 e. The Bertz CT molecular complexity index is 1220. The van der Waals surface area contributed by atoms with E-state index in [1.165, 1.54) is 28.6 Å². The van der Waals surface area contributed by atoms with Gasteiger partial charge in [-0.15, -0.1) is 0 Å². The highest BCUT2D eigenvalue weighted by molar-refractivity contribution is 7.99. The molecule has 34 heavy (non-hydrogen) atoms. The molecule has 1 aliphatic heterocycles. The van der Waals surface area contributed by atoms with Gasteiger partial charge in [0.05, 0.1) is 18.1 Å². The van der Waals surface area contributed by atoms with E-state index in [9.17, 15) is 10.1 Å². The SMILES string of the molecule is N=C(c1cccc(OCCN2CCOCC2)c1)n1cc(Sc2ccc([N+](=O)[O-])cn2)ccc1=N. The van der Waals surface area contributed by atoms with E-state index in [-0.39, 0.29) is 17.0 Å². The number of morpholine rings is 1. The number of nitrogens with one attached hydrogen (secondary N) is 2. The highest BCUT2D eigenvalue weighted by atomic mass is 32.2. The summed E-state index contributed by atoms with van der Waals surface area (Å²) in [6, 6.07) is 13.6. The Morgan fingerprint density at radius 3 is 2.76 bits per heavy atom. The number of nitrogens with zero attached hydrogens (tertiary/aromatic N) is 4. The fourth-order valence-electron chi connectivity index (χ4n) is 3.38. The summed E-state index contributed by atoms with van der Waals surface area (Å²) in [4.78, 5) is 17.5. The van der Waals surface area contributed by atoms with Gasteiger partial charge in [-0.3, -0.25) is 30.4 Å². The molecule has 2 aromatic heterocycles. The minimum absolute atomic E-state index is 0.0743. The second-order valence-corrected chi connectivity index (χ2v) is 8.61. The Labute approximate surface area is 200 Å². The highest BCUT2D eigenvalue weighted by Gasteiger charge is 2.12. The van der Waals surface area contributed by atoms with E-state index < -0.39 is 4.92 Å². The summed E-state index contributed by atoms with van der Waals surface area (Å²) in [5.41, 5.74) is 0.706. The minimum atomic E-state index is -0.494. The first-order valence-electron chi connectivity index (χ1n) is 10.7. The number of nitro groups is 1. The van der Waals surface area contributed by atoms with Crippen LogP contribution in [0.5, 0.6) is 5.75 Å². The summed E-state index contributed by atoms with van der Waals surface area (Å²) >= 11 is 1.30. The molecular formula is C23H24N6O4S. The van der Waals surface area contributed by atoms with Gasteiger partial charge in [-0.2, -0.15) is 0 Å². The molecule has 0 radical (unpaired) electrons. The number of pyridine rings is 2. The second kappa shape index (κ2) is 11.1. The van der Waals surface area contributed by atoms with E-state index >= 15 is 0 Å². The summed E-state index contributed by atoms with van der Waals surface area (Å²) in [6.07, 6.45) is 2.90. The lowest BCUT2D eigenvalue weighted by molar-refractivity contribution is -0.385. The molecule has 0 saturated carbocycles. The van der Waals surface area contributed by atoms with Gasteiger partial charge in [-0.1, -0.05) is 23.9 Å². The number of rotatable bonds is 8. The molecule has 0 atom stereocenters. The molecule has 0 spiro atoms. The molecule has 10 nitrogen and oxygen atoms in total. The van der Waals surface area contributed by atoms with Crippen molar-refractivity contribution < 1.29 is 14.4 Å². The number of ether oxygens (including phenoxy) is 2. The molecule has 3 heterocycles. The Hall–Kier alpha value is -3.54. The molecule has 4 rings (SSSR count). The van der Waals surface area contributed by atoms with Crippen molar-refractivity contribution in [2.24, 2.45) is 0 Å². The third kappa shape index (κ3) is 6.07. The van der Waals surface area contributed by atoms with Gasteiger partial charge in [-0.05, 0) is 30.3 Å². The van der Waals surface area contributed by atoms with Gasteiger partial charge in [0.25, 0.3) is 5.69 Å². The predicted octanol–water partition coefficient (Wildman–Crippen LogP) is 3.01. The molecule has 0 amide bonds. The fraction of sp³-hybridized carbons (Fsp3) is 0.261. The maximum Gasteiger partial charge on any atom is 0.287 e. The van der Waals surface area contributed by atoms with E-state index in [4.69, 9.17) is 20.3 Å². The van der Waals surface area contributed by atoms with Gasteiger partial charge < -0.3 is 9.47 Å². The molecule has 0 aliphatic carbocycles. The first-order chi connectivity index (χ1) is 16.5. The van der Waals surface area contributed by atoms with Crippen LogP contribution in [0.3, 0.4) is 0 Å². The van der Waals surface area contributed by atoms with Crippen molar-refractivity contribution >= 4 is 23.3 Å². The largest absolute Gasteiger partial charge is 0.492 e. The van der Waals surface area contributed by atoms with Gasteiger partial charge in [0.1, 0.15) is 34.9 Å². The highest BCUT2D eigenvalue weighted by Crippen LogP contribution is 2.26. The second-order valence-electron chi connectivity index (χ2n) is 7.51. The fourth-order valence-corrected chi connectivity index (χ4v) is 4.15. The van der Waals surface area contributed by atoms with Crippen molar-refractivity contribution in [3.8, 4) is 5.75 Å². The molecule has 0 unspecified atom stereocenters. The van der Waals surface area contributed by atoms with Crippen LogP contribution in [0, 0.1) is 20.9 Å². The summed E-state index contributed by atoms with van der Waals surface area (Å²) in [5.74, 6) is 0.811. The van der Waals surface area contributed by atoms with Gasteiger partial charge in [0.2, 0.25) is 0 Å². The van der Waals surface area contributed by atoms with Crippen LogP contribution in [0.1, 0.15) is 5.56 Å². The van der Waals surface area contributed by atoms with Crippen molar-refractivity contribution in [2.75, 3.05) is 39.5 Å². The first-order valence-corrected chi connectivity index (χ1v) is 11.5. The van der Waals surface area contributed by atoms with Crippen molar-refractivity contribution in [3.63, 3.8) is 0 Å². The van der Waals surface area contributed by atoms with Crippen molar-refractivity contribution in [1.29, 1.82) is 10.8 Å². The number of aromatic nitrogens is 2. The average Bonchev–Trinajstić information content (AvgIpc) is 2.86. The maximum absolute atomic E-state index is 10.8. The van der Waals surface area contributed by atoms with E-state index in [0.29, 0.717) is 22.9 Å². The zero-order valence-electron chi connectivity index (χ0n) is 18.3. The normalized spacial score (nSPS) is 14.0. The molecule has 0 bridgehead atoms. The molecule has 176 valence electrons. The molecule has 1 saturated heterocycles. The van der Waals surface area contributed by atoms with Crippen molar-refractivity contribution in [2.45, 2.75) is 9.92 Å². The maximum atomic E-state index is 10.8. The lowest BCUT2D eigenvalue weighted by atomic mass is 10.2. The zero-order chi connectivity index (χ0) is 23.9. The van der Waals surface area contributed by atoms with Crippen LogP contribution in [-0.4, -0.2) is 64.7 Å².